The van der Waals surface area contributed by atoms with E-state index in [4.69, 9.17) is 4.98 Å². The fraction of sp³-hybridized carbons (Fsp3) is 0.103. The maximum atomic E-state index is 4.70. The predicted molar refractivity (Wildman–Crippen MR) is 141 cm³/mol. The van der Waals surface area contributed by atoms with Crippen LogP contribution in [0, 0.1) is 0 Å². The Bertz CT molecular complexity index is 1340. The third-order valence-corrected chi connectivity index (χ3v) is 6.54. The molecule has 5 heteroatoms. The number of nitrogens with zero attached hydrogens (tertiary/aromatic N) is 3. The zero-order valence-electron chi connectivity index (χ0n) is 18.8. The minimum atomic E-state index is 0.750. The number of hydrogen-bond donors (Lipinski definition) is 1. The van der Waals surface area contributed by atoms with Crippen molar-refractivity contribution < 1.29 is 0 Å². The minimum absolute atomic E-state index is 0.750. The van der Waals surface area contributed by atoms with Crippen LogP contribution in [-0.4, -0.2) is 9.97 Å². The largest absolute Gasteiger partial charge is 0.307 e. The lowest BCUT2D eigenvalue weighted by Gasteiger charge is -2.25. The van der Waals surface area contributed by atoms with Crippen molar-refractivity contribution in [2.45, 2.75) is 24.5 Å². The maximum Gasteiger partial charge on any atom is 0.0943 e. The van der Waals surface area contributed by atoms with Crippen molar-refractivity contribution in [2.75, 3.05) is 4.31 Å². The summed E-state index contributed by atoms with van der Waals surface area (Å²) in [6, 6.07) is 35.8. The van der Waals surface area contributed by atoms with E-state index in [1.807, 2.05) is 36.7 Å². The standard InChI is InChI=1S/C29H26N4S/c1-2-9-23(10-3-1)22-33(28-16-7-12-25-13-8-18-32-29(25)28)34-27-15-6-11-24(19-27)20-30-21-26-14-4-5-17-31-26/h1-19,30H,20-22H2. The highest BCUT2D eigenvalue weighted by Gasteiger charge is 2.14. The summed E-state index contributed by atoms with van der Waals surface area (Å²) in [6.07, 6.45) is 3.70. The van der Waals surface area contributed by atoms with Crippen molar-refractivity contribution in [2.24, 2.45) is 0 Å². The molecule has 1 N–H and O–H groups in total. The molecule has 4 nitrogen and oxygen atoms in total. The topological polar surface area (TPSA) is 41.0 Å². The summed E-state index contributed by atoms with van der Waals surface area (Å²) in [4.78, 5) is 10.3. The van der Waals surface area contributed by atoms with Crippen LogP contribution in [0.2, 0.25) is 0 Å². The molecule has 0 radical (unpaired) electrons. The van der Waals surface area contributed by atoms with Crippen LogP contribution in [0.1, 0.15) is 16.8 Å². The molecule has 2 aromatic heterocycles. The number of fused-ring (bicyclic) bond motifs is 1. The lowest BCUT2D eigenvalue weighted by molar-refractivity contribution is 0.679. The molecule has 0 atom stereocenters. The van der Waals surface area contributed by atoms with Gasteiger partial charge in [-0.25, -0.2) is 0 Å². The molecule has 0 bridgehead atoms. The van der Waals surface area contributed by atoms with Gasteiger partial charge in [0.1, 0.15) is 0 Å². The first-order chi connectivity index (χ1) is 16.8. The molecule has 5 aromatic rings. The number of pyridine rings is 2. The molecule has 168 valence electrons. The number of anilines is 1. The van der Waals surface area contributed by atoms with E-state index in [2.05, 4.69) is 93.5 Å². The molecule has 0 aliphatic rings. The average molecular weight is 463 g/mol. The van der Waals surface area contributed by atoms with E-state index >= 15 is 0 Å². The number of benzene rings is 3. The molecule has 0 saturated carbocycles. The molecular formula is C29H26N4S. The Kier molecular flexibility index (Phi) is 7.14. The van der Waals surface area contributed by atoms with E-state index in [0.717, 1.165) is 41.9 Å². The molecule has 0 fully saturated rings. The van der Waals surface area contributed by atoms with Gasteiger partial charge in [-0.05, 0) is 59.5 Å². The summed E-state index contributed by atoms with van der Waals surface area (Å²) < 4.78 is 2.34. The van der Waals surface area contributed by atoms with Crippen LogP contribution in [-0.2, 0) is 19.6 Å². The SMILES string of the molecule is c1ccc(CN(Sc2cccc(CNCc3ccccn3)c2)c2cccc3cccnc23)cc1. The second-order valence-corrected chi connectivity index (χ2v) is 9.13. The van der Waals surface area contributed by atoms with Crippen LogP contribution in [0.15, 0.2) is 120 Å². The second-order valence-electron chi connectivity index (χ2n) is 8.04. The van der Waals surface area contributed by atoms with E-state index in [0.29, 0.717) is 0 Å². The molecule has 34 heavy (non-hydrogen) atoms. The first kappa shape index (κ1) is 22.1. The first-order valence-electron chi connectivity index (χ1n) is 11.4. The Morgan fingerprint density at radius 1 is 0.676 bits per heavy atom. The molecule has 0 saturated heterocycles. The highest BCUT2D eigenvalue weighted by atomic mass is 32.2. The Morgan fingerprint density at radius 2 is 1.47 bits per heavy atom. The molecule has 0 unspecified atom stereocenters. The van der Waals surface area contributed by atoms with Crippen molar-refractivity contribution in [1.29, 1.82) is 0 Å². The number of nitrogens with one attached hydrogen (secondary N) is 1. The fourth-order valence-electron chi connectivity index (χ4n) is 3.88. The number of para-hydroxylation sites is 1. The molecule has 0 spiro atoms. The summed E-state index contributed by atoms with van der Waals surface area (Å²) in [5.41, 5.74) is 5.69. The van der Waals surface area contributed by atoms with Gasteiger partial charge in [0, 0.05) is 35.8 Å². The van der Waals surface area contributed by atoms with Crippen molar-refractivity contribution >= 4 is 28.5 Å². The molecule has 0 aliphatic carbocycles. The van der Waals surface area contributed by atoms with Gasteiger partial charge in [-0.1, -0.05) is 66.7 Å². The smallest absolute Gasteiger partial charge is 0.0943 e. The lowest BCUT2D eigenvalue weighted by atomic mass is 10.1. The monoisotopic (exact) mass is 462 g/mol. The van der Waals surface area contributed by atoms with Crippen LogP contribution in [0.25, 0.3) is 10.9 Å². The highest BCUT2D eigenvalue weighted by Crippen LogP contribution is 2.35. The van der Waals surface area contributed by atoms with Gasteiger partial charge in [-0.2, -0.15) is 0 Å². The van der Waals surface area contributed by atoms with E-state index in [1.54, 1.807) is 11.9 Å². The Labute approximate surface area is 204 Å². The van der Waals surface area contributed by atoms with Gasteiger partial charge in [-0.3, -0.25) is 9.97 Å². The van der Waals surface area contributed by atoms with Crippen LogP contribution < -0.4 is 9.62 Å². The van der Waals surface area contributed by atoms with Crippen LogP contribution >= 0.6 is 11.9 Å². The molecule has 2 heterocycles. The van der Waals surface area contributed by atoms with E-state index in [-0.39, 0.29) is 0 Å². The normalized spacial score (nSPS) is 10.9. The zero-order chi connectivity index (χ0) is 23.0. The van der Waals surface area contributed by atoms with E-state index < -0.39 is 0 Å². The van der Waals surface area contributed by atoms with Gasteiger partial charge < -0.3 is 9.62 Å². The van der Waals surface area contributed by atoms with Gasteiger partial charge in [0.05, 0.1) is 23.4 Å². The van der Waals surface area contributed by atoms with Gasteiger partial charge in [-0.15, -0.1) is 0 Å². The highest BCUT2D eigenvalue weighted by molar-refractivity contribution is 8.00. The molecule has 5 rings (SSSR count). The quantitative estimate of drug-likeness (QED) is 0.249. The summed E-state index contributed by atoms with van der Waals surface area (Å²) in [5.74, 6) is 0. The average Bonchev–Trinajstić information content (AvgIpc) is 2.89. The Balaban J connectivity index is 1.37. The molecule has 3 aromatic carbocycles. The lowest BCUT2D eigenvalue weighted by Crippen LogP contribution is -2.15. The Morgan fingerprint density at radius 3 is 2.35 bits per heavy atom. The van der Waals surface area contributed by atoms with Crippen molar-refractivity contribution in [1.82, 2.24) is 15.3 Å². The van der Waals surface area contributed by atoms with E-state index in [1.165, 1.54) is 16.0 Å². The molecule has 0 amide bonds. The maximum absolute atomic E-state index is 4.70. The second kappa shape index (κ2) is 11.0. The minimum Gasteiger partial charge on any atom is -0.307 e. The number of rotatable bonds is 9. The van der Waals surface area contributed by atoms with Crippen molar-refractivity contribution in [3.63, 3.8) is 0 Å². The van der Waals surface area contributed by atoms with Crippen LogP contribution in [0.4, 0.5) is 5.69 Å². The summed E-state index contributed by atoms with van der Waals surface area (Å²) in [7, 11) is 0. The summed E-state index contributed by atoms with van der Waals surface area (Å²) in [6.45, 7) is 2.32. The van der Waals surface area contributed by atoms with Crippen molar-refractivity contribution in [3.8, 4) is 0 Å². The summed E-state index contributed by atoms with van der Waals surface area (Å²) in [5, 5.41) is 4.64. The third kappa shape index (κ3) is 5.63. The van der Waals surface area contributed by atoms with E-state index in [9.17, 15) is 0 Å². The van der Waals surface area contributed by atoms with Gasteiger partial charge in [0.15, 0.2) is 0 Å². The zero-order valence-corrected chi connectivity index (χ0v) is 19.7. The molecular weight excluding hydrogens is 436 g/mol. The fourth-order valence-corrected chi connectivity index (χ4v) is 4.94. The number of aromatic nitrogens is 2. The van der Waals surface area contributed by atoms with Crippen molar-refractivity contribution in [3.05, 3.63) is 132 Å². The predicted octanol–water partition coefficient (Wildman–Crippen LogP) is 6.63. The number of hydrogen-bond acceptors (Lipinski definition) is 5. The summed E-state index contributed by atoms with van der Waals surface area (Å²) >= 11 is 1.75. The third-order valence-electron chi connectivity index (χ3n) is 5.52. The Hall–Kier alpha value is -3.67. The van der Waals surface area contributed by atoms with Crippen LogP contribution in [0.3, 0.4) is 0 Å². The van der Waals surface area contributed by atoms with Gasteiger partial charge in [0.2, 0.25) is 0 Å². The first-order valence-corrected chi connectivity index (χ1v) is 12.2. The van der Waals surface area contributed by atoms with Gasteiger partial charge in [0.25, 0.3) is 0 Å². The van der Waals surface area contributed by atoms with Crippen LogP contribution in [0.5, 0.6) is 0 Å². The molecule has 0 aliphatic heterocycles. The van der Waals surface area contributed by atoms with Gasteiger partial charge >= 0.3 is 0 Å².